The first kappa shape index (κ1) is 17.2. The number of aromatic nitrogens is 1. The standard InChI is InChI=1S/C16H16F3N3S2/c1-9-5-6-12-13(7-9)24-15(21-12)22-14(23)20-11-4-2-3-10(8-11)16(17,18)19/h2-4,8-9H,5-7H2,1H3,(H2,20,21,22,23). The number of halogens is 3. The predicted octanol–water partition coefficient (Wildman–Crippen LogP) is 5.10. The molecule has 1 aliphatic rings. The van der Waals surface area contributed by atoms with Gasteiger partial charge in [0.05, 0.1) is 11.3 Å². The summed E-state index contributed by atoms with van der Waals surface area (Å²) in [6.45, 7) is 2.22. The molecule has 3 nitrogen and oxygen atoms in total. The minimum atomic E-state index is -4.38. The monoisotopic (exact) mass is 371 g/mol. The summed E-state index contributed by atoms with van der Waals surface area (Å²) < 4.78 is 38.2. The molecule has 1 aromatic carbocycles. The highest BCUT2D eigenvalue weighted by molar-refractivity contribution is 7.80. The van der Waals surface area contributed by atoms with Crippen molar-refractivity contribution in [2.24, 2.45) is 5.92 Å². The van der Waals surface area contributed by atoms with Crippen LogP contribution in [0.1, 0.15) is 29.5 Å². The maximum Gasteiger partial charge on any atom is 0.416 e. The van der Waals surface area contributed by atoms with E-state index in [-0.39, 0.29) is 10.8 Å². The Morgan fingerprint density at radius 3 is 2.88 bits per heavy atom. The lowest BCUT2D eigenvalue weighted by atomic mass is 9.93. The van der Waals surface area contributed by atoms with Gasteiger partial charge in [0, 0.05) is 10.6 Å². The fourth-order valence-corrected chi connectivity index (χ4v) is 4.08. The van der Waals surface area contributed by atoms with Gasteiger partial charge < -0.3 is 10.6 Å². The molecule has 0 amide bonds. The van der Waals surface area contributed by atoms with Gasteiger partial charge in [-0.05, 0) is 55.6 Å². The highest BCUT2D eigenvalue weighted by Crippen LogP contribution is 2.33. The van der Waals surface area contributed by atoms with E-state index in [1.807, 2.05) is 0 Å². The van der Waals surface area contributed by atoms with Crippen molar-refractivity contribution in [3.8, 4) is 0 Å². The molecule has 24 heavy (non-hydrogen) atoms. The van der Waals surface area contributed by atoms with Crippen LogP contribution in [0.2, 0.25) is 0 Å². The van der Waals surface area contributed by atoms with Crippen molar-refractivity contribution in [2.45, 2.75) is 32.4 Å². The molecular formula is C16H16F3N3S2. The summed E-state index contributed by atoms with van der Waals surface area (Å²) in [6, 6.07) is 4.94. The number of aryl methyl sites for hydroxylation is 1. The number of hydrogen-bond acceptors (Lipinski definition) is 3. The number of alkyl halides is 3. The first-order valence-corrected chi connectivity index (χ1v) is 8.77. The number of anilines is 2. The first-order chi connectivity index (χ1) is 11.3. The second kappa shape index (κ2) is 6.68. The quantitative estimate of drug-likeness (QED) is 0.721. The van der Waals surface area contributed by atoms with Crippen LogP contribution >= 0.6 is 23.6 Å². The van der Waals surface area contributed by atoms with Crippen LogP contribution in [0, 0.1) is 5.92 Å². The molecule has 0 aliphatic heterocycles. The molecule has 0 saturated carbocycles. The first-order valence-electron chi connectivity index (χ1n) is 7.55. The molecule has 0 bridgehead atoms. The van der Waals surface area contributed by atoms with Gasteiger partial charge in [0.2, 0.25) is 0 Å². The summed E-state index contributed by atoms with van der Waals surface area (Å²) in [7, 11) is 0. The third kappa shape index (κ3) is 4.05. The molecule has 3 rings (SSSR count). The molecule has 1 aliphatic carbocycles. The minimum absolute atomic E-state index is 0.230. The van der Waals surface area contributed by atoms with E-state index in [9.17, 15) is 13.2 Å². The molecule has 8 heteroatoms. The number of rotatable bonds is 2. The zero-order valence-corrected chi connectivity index (χ0v) is 14.5. The maximum atomic E-state index is 12.7. The Bertz CT molecular complexity index is 755. The smallest absolute Gasteiger partial charge is 0.332 e. The van der Waals surface area contributed by atoms with Crippen molar-refractivity contribution < 1.29 is 13.2 Å². The third-order valence-electron chi connectivity index (χ3n) is 3.85. The summed E-state index contributed by atoms with van der Waals surface area (Å²) >= 11 is 6.74. The van der Waals surface area contributed by atoms with Gasteiger partial charge in [0.15, 0.2) is 10.2 Å². The third-order valence-corrected chi connectivity index (χ3v) is 5.09. The SMILES string of the molecule is CC1CCc2nc(NC(=S)Nc3cccc(C(F)(F)F)c3)sc2C1. The van der Waals surface area contributed by atoms with Crippen LogP contribution in [0.4, 0.5) is 24.0 Å². The van der Waals surface area contributed by atoms with Crippen LogP contribution in [-0.4, -0.2) is 10.1 Å². The fraction of sp³-hybridized carbons (Fsp3) is 0.375. The number of thiazole rings is 1. The van der Waals surface area contributed by atoms with Crippen LogP contribution in [0.15, 0.2) is 24.3 Å². The number of thiocarbonyl (C=S) groups is 1. The van der Waals surface area contributed by atoms with E-state index in [2.05, 4.69) is 22.5 Å². The van der Waals surface area contributed by atoms with E-state index < -0.39 is 11.7 Å². The van der Waals surface area contributed by atoms with E-state index in [0.29, 0.717) is 11.0 Å². The number of fused-ring (bicyclic) bond motifs is 1. The second-order valence-corrected chi connectivity index (χ2v) is 7.39. The minimum Gasteiger partial charge on any atom is -0.332 e. The van der Waals surface area contributed by atoms with Crippen LogP contribution in [0.5, 0.6) is 0 Å². The van der Waals surface area contributed by atoms with Gasteiger partial charge in [0.25, 0.3) is 0 Å². The van der Waals surface area contributed by atoms with Crippen molar-refractivity contribution in [1.29, 1.82) is 0 Å². The molecule has 128 valence electrons. The topological polar surface area (TPSA) is 37.0 Å². The maximum absolute atomic E-state index is 12.7. The van der Waals surface area contributed by atoms with Gasteiger partial charge in [-0.1, -0.05) is 13.0 Å². The highest BCUT2D eigenvalue weighted by Gasteiger charge is 2.30. The van der Waals surface area contributed by atoms with Crippen molar-refractivity contribution in [1.82, 2.24) is 4.98 Å². The van der Waals surface area contributed by atoms with Gasteiger partial charge >= 0.3 is 6.18 Å². The van der Waals surface area contributed by atoms with Gasteiger partial charge in [-0.15, -0.1) is 11.3 Å². The molecule has 0 saturated heterocycles. The summed E-state index contributed by atoms with van der Waals surface area (Å²) in [5, 5.41) is 6.66. The zero-order valence-electron chi connectivity index (χ0n) is 12.9. The van der Waals surface area contributed by atoms with Crippen LogP contribution in [0.25, 0.3) is 0 Å². The van der Waals surface area contributed by atoms with Crippen molar-refractivity contribution in [2.75, 3.05) is 10.6 Å². The number of nitrogens with one attached hydrogen (secondary N) is 2. The number of nitrogens with zero attached hydrogens (tertiary/aromatic N) is 1. The lowest BCUT2D eigenvalue weighted by Crippen LogP contribution is -2.19. The Morgan fingerprint density at radius 1 is 1.33 bits per heavy atom. The molecule has 1 unspecified atom stereocenters. The van der Waals surface area contributed by atoms with E-state index in [4.69, 9.17) is 12.2 Å². The molecule has 2 aromatic rings. The lowest BCUT2D eigenvalue weighted by Gasteiger charge is -2.15. The van der Waals surface area contributed by atoms with Crippen molar-refractivity contribution in [3.05, 3.63) is 40.4 Å². The highest BCUT2D eigenvalue weighted by atomic mass is 32.1. The van der Waals surface area contributed by atoms with E-state index >= 15 is 0 Å². The number of hydrogen-bond donors (Lipinski definition) is 2. The summed E-state index contributed by atoms with van der Waals surface area (Å²) in [5.41, 5.74) is 0.675. The summed E-state index contributed by atoms with van der Waals surface area (Å²) in [6.07, 6.45) is -1.27. The molecule has 2 N–H and O–H groups in total. The Balaban J connectivity index is 1.66. The molecule has 1 atom stereocenters. The average Bonchev–Trinajstić information content (AvgIpc) is 2.87. The van der Waals surface area contributed by atoms with E-state index in [1.165, 1.54) is 17.0 Å². The van der Waals surface area contributed by atoms with E-state index in [0.717, 1.165) is 37.1 Å². The Labute approximate surface area is 147 Å². The predicted molar refractivity (Wildman–Crippen MR) is 94.6 cm³/mol. The molecule has 0 fully saturated rings. The van der Waals surface area contributed by atoms with Gasteiger partial charge in [-0.2, -0.15) is 13.2 Å². The molecule has 0 spiro atoms. The molecule has 1 heterocycles. The summed E-state index contributed by atoms with van der Waals surface area (Å²) in [5.74, 6) is 0.654. The van der Waals surface area contributed by atoms with Crippen molar-refractivity contribution >= 4 is 39.5 Å². The van der Waals surface area contributed by atoms with Gasteiger partial charge in [-0.25, -0.2) is 4.98 Å². The zero-order chi connectivity index (χ0) is 17.3. The Hall–Kier alpha value is -1.67. The average molecular weight is 371 g/mol. The number of benzene rings is 1. The van der Waals surface area contributed by atoms with Crippen LogP contribution < -0.4 is 10.6 Å². The van der Waals surface area contributed by atoms with Gasteiger partial charge in [0.1, 0.15) is 0 Å². The Kier molecular flexibility index (Phi) is 4.78. The lowest BCUT2D eigenvalue weighted by molar-refractivity contribution is -0.137. The largest absolute Gasteiger partial charge is 0.416 e. The van der Waals surface area contributed by atoms with Crippen molar-refractivity contribution in [3.63, 3.8) is 0 Å². The fourth-order valence-electron chi connectivity index (χ4n) is 2.63. The Morgan fingerprint density at radius 2 is 2.12 bits per heavy atom. The summed E-state index contributed by atoms with van der Waals surface area (Å²) in [4.78, 5) is 5.79. The molecular weight excluding hydrogens is 355 g/mol. The molecule has 0 radical (unpaired) electrons. The molecule has 1 aromatic heterocycles. The van der Waals surface area contributed by atoms with Crippen LogP contribution in [-0.2, 0) is 19.0 Å². The van der Waals surface area contributed by atoms with Gasteiger partial charge in [-0.3, -0.25) is 0 Å². The normalized spacial score (nSPS) is 17.2. The van der Waals surface area contributed by atoms with E-state index in [1.54, 1.807) is 11.3 Å². The van der Waals surface area contributed by atoms with Crippen LogP contribution in [0.3, 0.4) is 0 Å². The second-order valence-electron chi connectivity index (χ2n) is 5.89.